The lowest BCUT2D eigenvalue weighted by Gasteiger charge is -2.13. The lowest BCUT2D eigenvalue weighted by Crippen LogP contribution is -2.10. The van der Waals surface area contributed by atoms with Crippen LogP contribution in [0, 0.1) is 3.57 Å². The number of thiazole rings is 1. The molecule has 2 rings (SSSR count). The van der Waals surface area contributed by atoms with Crippen molar-refractivity contribution in [3.05, 3.63) is 24.3 Å². The molecule has 0 aliphatic heterocycles. The fourth-order valence-corrected chi connectivity index (χ4v) is 2.74. The minimum absolute atomic E-state index is 0.0136. The molecule has 0 unspecified atom stereocenters. The average molecular weight is 414 g/mol. The maximum Gasteiger partial charge on any atom is 0.181 e. The van der Waals surface area contributed by atoms with Gasteiger partial charge in [-0.25, -0.2) is 15.0 Å². The van der Waals surface area contributed by atoms with Crippen molar-refractivity contribution in [3.8, 4) is 11.5 Å². The van der Waals surface area contributed by atoms with Crippen LogP contribution in [0.2, 0.25) is 10.3 Å². The maximum atomic E-state index is 6.00. The highest BCUT2D eigenvalue weighted by atomic mass is 127. The third-order valence-electron chi connectivity index (χ3n) is 2.15. The molecular formula is C11H10Cl2IN3S. The summed E-state index contributed by atoms with van der Waals surface area (Å²) in [5, 5.41) is 3.67. The molecule has 7 heteroatoms. The second-order valence-electron chi connectivity index (χ2n) is 4.73. The predicted molar refractivity (Wildman–Crippen MR) is 84.6 cm³/mol. The zero-order chi connectivity index (χ0) is 13.5. The lowest BCUT2D eigenvalue weighted by atomic mass is 9.98. The molecule has 0 N–H and O–H groups in total. The SMILES string of the molecule is CC(C)(C)c1nc(-c2nc(Cl)c(I)c(Cl)n2)cs1. The second kappa shape index (κ2) is 5.19. The zero-order valence-corrected chi connectivity index (χ0v) is 14.4. The van der Waals surface area contributed by atoms with E-state index in [0.29, 0.717) is 25.4 Å². The molecule has 0 fully saturated rings. The summed E-state index contributed by atoms with van der Waals surface area (Å²) in [6, 6.07) is 0. The molecule has 3 nitrogen and oxygen atoms in total. The first-order valence-corrected chi connectivity index (χ1v) is 7.85. The summed E-state index contributed by atoms with van der Waals surface area (Å²) < 4.78 is 0.658. The first-order chi connectivity index (χ1) is 8.29. The number of halogens is 3. The van der Waals surface area contributed by atoms with Crippen LogP contribution in [0.15, 0.2) is 5.38 Å². The van der Waals surface area contributed by atoms with Gasteiger partial charge in [0.2, 0.25) is 0 Å². The van der Waals surface area contributed by atoms with Crippen LogP contribution in [-0.4, -0.2) is 15.0 Å². The minimum atomic E-state index is 0.0136. The molecule has 2 heterocycles. The van der Waals surface area contributed by atoms with E-state index in [0.717, 1.165) is 5.01 Å². The van der Waals surface area contributed by atoms with Crippen LogP contribution in [0.3, 0.4) is 0 Å². The topological polar surface area (TPSA) is 38.7 Å². The molecule has 0 atom stereocenters. The molecule has 2 aromatic heterocycles. The van der Waals surface area contributed by atoms with E-state index in [1.165, 1.54) is 0 Å². The smallest absolute Gasteiger partial charge is 0.181 e. The Labute approximate surface area is 133 Å². The van der Waals surface area contributed by atoms with Crippen LogP contribution < -0.4 is 0 Å². The Bertz CT molecular complexity index is 569. The largest absolute Gasteiger partial charge is 0.237 e. The van der Waals surface area contributed by atoms with Crippen molar-refractivity contribution in [2.45, 2.75) is 26.2 Å². The predicted octanol–water partition coefficient (Wildman–Crippen LogP) is 4.81. The summed E-state index contributed by atoms with van der Waals surface area (Å²) in [5.41, 5.74) is 0.727. The van der Waals surface area contributed by atoms with Gasteiger partial charge in [0.25, 0.3) is 0 Å². The van der Waals surface area contributed by atoms with Crippen molar-refractivity contribution in [2.24, 2.45) is 0 Å². The Kier molecular flexibility index (Phi) is 4.16. The standard InChI is InChI=1S/C11H10Cl2IN3S/c1-11(2,3)10-15-5(4-18-10)9-16-7(12)6(14)8(13)17-9/h4H,1-3H3. The molecule has 0 saturated heterocycles. The van der Waals surface area contributed by atoms with E-state index >= 15 is 0 Å². The molecule has 0 aliphatic carbocycles. The van der Waals surface area contributed by atoms with Gasteiger partial charge in [-0.05, 0) is 22.6 Å². The van der Waals surface area contributed by atoms with Crippen molar-refractivity contribution in [3.63, 3.8) is 0 Å². The summed E-state index contributed by atoms with van der Waals surface area (Å²) in [7, 11) is 0. The molecule has 18 heavy (non-hydrogen) atoms. The van der Waals surface area contributed by atoms with Crippen molar-refractivity contribution in [1.29, 1.82) is 0 Å². The fourth-order valence-electron chi connectivity index (χ4n) is 1.23. The summed E-state index contributed by atoms with van der Waals surface area (Å²) in [4.78, 5) is 12.9. The van der Waals surface area contributed by atoms with Gasteiger partial charge in [0, 0.05) is 10.8 Å². The van der Waals surface area contributed by atoms with Crippen molar-refractivity contribution in [1.82, 2.24) is 15.0 Å². The molecule has 0 aromatic carbocycles. The molecule has 96 valence electrons. The van der Waals surface area contributed by atoms with E-state index in [1.807, 2.05) is 28.0 Å². The third-order valence-corrected chi connectivity index (χ3v) is 5.62. The fraction of sp³-hybridized carbons (Fsp3) is 0.364. The summed E-state index contributed by atoms with van der Waals surface area (Å²) in [6.07, 6.45) is 0. The van der Waals surface area contributed by atoms with Gasteiger partial charge in [0.05, 0.1) is 8.58 Å². The summed E-state index contributed by atoms with van der Waals surface area (Å²) in [6.45, 7) is 6.35. The highest BCUT2D eigenvalue weighted by molar-refractivity contribution is 14.1. The van der Waals surface area contributed by atoms with Crippen LogP contribution in [0.1, 0.15) is 25.8 Å². The number of hydrogen-bond donors (Lipinski definition) is 0. The zero-order valence-electron chi connectivity index (χ0n) is 9.96. The quantitative estimate of drug-likeness (QED) is 0.497. The first-order valence-electron chi connectivity index (χ1n) is 5.14. The Morgan fingerprint density at radius 2 is 1.67 bits per heavy atom. The van der Waals surface area contributed by atoms with Crippen molar-refractivity contribution >= 4 is 57.1 Å². The van der Waals surface area contributed by atoms with Gasteiger partial charge in [-0.2, -0.15) is 0 Å². The Hall–Kier alpha value is 0.0200. The highest BCUT2D eigenvalue weighted by Gasteiger charge is 2.20. The van der Waals surface area contributed by atoms with Gasteiger partial charge < -0.3 is 0 Å². The van der Waals surface area contributed by atoms with Crippen LogP contribution in [0.5, 0.6) is 0 Å². The van der Waals surface area contributed by atoms with Gasteiger partial charge >= 0.3 is 0 Å². The average Bonchev–Trinajstić information content (AvgIpc) is 2.73. The summed E-state index contributed by atoms with van der Waals surface area (Å²) >= 11 is 15.6. The van der Waals surface area contributed by atoms with Gasteiger partial charge in [0.1, 0.15) is 16.0 Å². The van der Waals surface area contributed by atoms with Gasteiger partial charge in [0.15, 0.2) is 5.82 Å². The first kappa shape index (κ1) is 14.4. The Morgan fingerprint density at radius 3 is 2.11 bits per heavy atom. The number of rotatable bonds is 1. The molecule has 0 amide bonds. The van der Waals surface area contributed by atoms with Gasteiger partial charge in [-0.3, -0.25) is 0 Å². The molecule has 0 radical (unpaired) electrons. The number of aromatic nitrogens is 3. The molecular weight excluding hydrogens is 404 g/mol. The summed E-state index contributed by atoms with van der Waals surface area (Å²) in [5.74, 6) is 0.470. The van der Waals surface area contributed by atoms with E-state index in [2.05, 4.69) is 35.7 Å². The van der Waals surface area contributed by atoms with E-state index in [1.54, 1.807) is 11.3 Å². The molecule has 0 saturated carbocycles. The molecule has 0 bridgehead atoms. The second-order valence-corrected chi connectivity index (χ2v) is 7.38. The van der Waals surface area contributed by atoms with Gasteiger partial charge in [-0.1, -0.05) is 44.0 Å². The monoisotopic (exact) mass is 413 g/mol. The Morgan fingerprint density at radius 1 is 1.11 bits per heavy atom. The van der Waals surface area contributed by atoms with E-state index < -0.39 is 0 Å². The van der Waals surface area contributed by atoms with Gasteiger partial charge in [-0.15, -0.1) is 11.3 Å². The van der Waals surface area contributed by atoms with Crippen LogP contribution in [0.4, 0.5) is 0 Å². The van der Waals surface area contributed by atoms with Crippen LogP contribution in [-0.2, 0) is 5.41 Å². The molecule has 2 aromatic rings. The van der Waals surface area contributed by atoms with E-state index in [-0.39, 0.29) is 5.41 Å². The lowest BCUT2D eigenvalue weighted by molar-refractivity contribution is 0.586. The Balaban J connectivity index is 2.47. The van der Waals surface area contributed by atoms with Crippen LogP contribution >= 0.6 is 57.1 Å². The highest BCUT2D eigenvalue weighted by Crippen LogP contribution is 2.31. The maximum absolute atomic E-state index is 6.00. The van der Waals surface area contributed by atoms with Crippen molar-refractivity contribution in [2.75, 3.05) is 0 Å². The van der Waals surface area contributed by atoms with E-state index in [9.17, 15) is 0 Å². The van der Waals surface area contributed by atoms with E-state index in [4.69, 9.17) is 23.2 Å². The normalized spacial score (nSPS) is 11.9. The third kappa shape index (κ3) is 2.95. The molecule has 0 aliphatic rings. The number of nitrogens with zero attached hydrogens (tertiary/aromatic N) is 3. The number of hydrogen-bond acceptors (Lipinski definition) is 4. The minimum Gasteiger partial charge on any atom is -0.237 e. The van der Waals surface area contributed by atoms with Crippen molar-refractivity contribution < 1.29 is 0 Å². The van der Waals surface area contributed by atoms with Crippen LogP contribution in [0.25, 0.3) is 11.5 Å². The molecule has 0 spiro atoms.